The van der Waals surface area contributed by atoms with Crippen LogP contribution in [-0.2, 0) is 6.54 Å². The molecule has 1 aromatic heterocycles. The lowest BCUT2D eigenvalue weighted by Gasteiger charge is -2.01. The van der Waals surface area contributed by atoms with Crippen molar-refractivity contribution in [1.29, 1.82) is 0 Å². The summed E-state index contributed by atoms with van der Waals surface area (Å²) in [5.41, 5.74) is 5.83. The number of nitrogens with two attached hydrogens (primary N) is 1. The lowest BCUT2D eigenvalue weighted by atomic mass is 10.1. The Morgan fingerprint density at radius 2 is 1.62 bits per heavy atom. The molecule has 0 aliphatic heterocycles. The molecule has 3 nitrogen and oxygen atoms in total. The van der Waals surface area contributed by atoms with Crippen LogP contribution in [0.2, 0.25) is 0 Å². The lowest BCUT2D eigenvalue weighted by Crippen LogP contribution is -2.35. The topological polar surface area (TPSA) is 47.0 Å². The van der Waals surface area contributed by atoms with E-state index >= 15 is 0 Å². The fourth-order valence-corrected chi connectivity index (χ4v) is 2.52. The van der Waals surface area contributed by atoms with E-state index in [1.54, 1.807) is 18.3 Å². The quantitative estimate of drug-likeness (QED) is 0.462. The van der Waals surface area contributed by atoms with E-state index in [1.807, 2.05) is 4.57 Å². The predicted octanol–water partition coefficient (Wildman–Crippen LogP) is 3.79. The first-order valence-corrected chi connectivity index (χ1v) is 8.45. The summed E-state index contributed by atoms with van der Waals surface area (Å²) in [7, 11) is 0. The maximum atomic E-state index is 11.1. The van der Waals surface area contributed by atoms with E-state index in [1.165, 1.54) is 57.8 Å². The van der Waals surface area contributed by atoms with Gasteiger partial charge in [0.1, 0.15) is 12.1 Å². The molecule has 21 heavy (non-hydrogen) atoms. The van der Waals surface area contributed by atoms with Crippen LogP contribution in [0.1, 0.15) is 81.5 Å². The van der Waals surface area contributed by atoms with Crippen molar-refractivity contribution in [1.82, 2.24) is 0 Å². The van der Waals surface area contributed by atoms with Gasteiger partial charge in [0, 0.05) is 12.5 Å². The maximum absolute atomic E-state index is 11.1. The van der Waals surface area contributed by atoms with Crippen molar-refractivity contribution in [2.24, 2.45) is 5.73 Å². The molecule has 1 aromatic rings. The van der Waals surface area contributed by atoms with Crippen LogP contribution in [0.25, 0.3) is 0 Å². The van der Waals surface area contributed by atoms with Crippen LogP contribution < -0.4 is 10.3 Å². The molecular weight excluding hydrogens is 260 g/mol. The molecule has 0 unspecified atom stereocenters. The van der Waals surface area contributed by atoms with Gasteiger partial charge in [-0.1, -0.05) is 58.3 Å². The molecule has 0 saturated heterocycles. The number of carbonyl (C=O) groups excluding carboxylic acids is 1. The molecule has 0 aliphatic carbocycles. The van der Waals surface area contributed by atoms with Crippen molar-refractivity contribution in [2.75, 3.05) is 0 Å². The van der Waals surface area contributed by atoms with Crippen molar-refractivity contribution >= 4 is 5.91 Å². The Kier molecular flexibility index (Phi) is 9.51. The van der Waals surface area contributed by atoms with Gasteiger partial charge in [-0.05, 0) is 12.5 Å². The van der Waals surface area contributed by atoms with Gasteiger partial charge in [0.15, 0.2) is 6.20 Å². The second-order valence-electron chi connectivity index (χ2n) is 5.79. The molecule has 0 saturated carbocycles. The number of aryl methyl sites for hydroxylation is 1. The zero-order valence-electron chi connectivity index (χ0n) is 13.4. The fourth-order valence-electron chi connectivity index (χ4n) is 2.52. The molecule has 1 rings (SSSR count). The second kappa shape index (κ2) is 11.3. The van der Waals surface area contributed by atoms with Crippen LogP contribution in [0.5, 0.6) is 0 Å². The Morgan fingerprint density at radius 3 is 2.19 bits per heavy atom. The summed E-state index contributed by atoms with van der Waals surface area (Å²) in [6.07, 6.45) is 18.2. The van der Waals surface area contributed by atoms with Crippen LogP contribution >= 0.6 is 0 Å². The largest absolute Gasteiger partial charge is 0.365 e. The highest BCUT2D eigenvalue weighted by Gasteiger charge is 2.07. The predicted molar refractivity (Wildman–Crippen MR) is 85.8 cm³/mol. The average molecular weight is 290 g/mol. The number of hydrogen-bond acceptors (Lipinski definition) is 1. The highest BCUT2D eigenvalue weighted by Crippen LogP contribution is 2.10. The van der Waals surface area contributed by atoms with E-state index < -0.39 is 0 Å². The summed E-state index contributed by atoms with van der Waals surface area (Å²) in [4.78, 5) is 11.1. The molecular formula is C18H30N2O+. The maximum Gasteiger partial charge on any atom is 0.277 e. The lowest BCUT2D eigenvalue weighted by molar-refractivity contribution is -0.701. The smallest absolute Gasteiger partial charge is 0.277 e. The Morgan fingerprint density at radius 1 is 1.05 bits per heavy atom. The third-order valence-electron chi connectivity index (χ3n) is 3.84. The van der Waals surface area contributed by atoms with Gasteiger partial charge in [-0.2, -0.15) is 4.57 Å². The molecule has 2 N–H and O–H groups in total. The van der Waals surface area contributed by atoms with Crippen molar-refractivity contribution in [3.8, 4) is 0 Å². The Balaban J connectivity index is 2.01. The highest BCUT2D eigenvalue weighted by atomic mass is 16.1. The molecule has 0 bridgehead atoms. The van der Waals surface area contributed by atoms with E-state index in [9.17, 15) is 4.79 Å². The van der Waals surface area contributed by atoms with E-state index in [0.29, 0.717) is 5.56 Å². The van der Waals surface area contributed by atoms with Crippen LogP contribution in [0.4, 0.5) is 0 Å². The third kappa shape index (κ3) is 8.49. The van der Waals surface area contributed by atoms with Gasteiger partial charge in [0.2, 0.25) is 0 Å². The summed E-state index contributed by atoms with van der Waals surface area (Å²) in [6.45, 7) is 3.17. The molecule has 0 atom stereocenters. The molecule has 0 spiro atoms. The minimum Gasteiger partial charge on any atom is -0.365 e. The van der Waals surface area contributed by atoms with Crippen molar-refractivity contribution in [3.05, 3.63) is 30.1 Å². The average Bonchev–Trinajstić information content (AvgIpc) is 2.49. The van der Waals surface area contributed by atoms with E-state index in [2.05, 4.69) is 13.1 Å². The van der Waals surface area contributed by atoms with Gasteiger partial charge in [0.25, 0.3) is 12.1 Å². The summed E-state index contributed by atoms with van der Waals surface area (Å²) >= 11 is 0. The summed E-state index contributed by atoms with van der Waals surface area (Å²) in [5.74, 6) is -0.374. The first kappa shape index (κ1) is 17.7. The number of nitrogens with zero attached hydrogens (tertiary/aromatic N) is 1. The van der Waals surface area contributed by atoms with E-state index in [-0.39, 0.29) is 5.91 Å². The number of hydrogen-bond donors (Lipinski definition) is 1. The molecule has 3 heteroatoms. The van der Waals surface area contributed by atoms with Crippen LogP contribution in [0, 0.1) is 6.20 Å². The van der Waals surface area contributed by atoms with Gasteiger partial charge in [-0.3, -0.25) is 4.79 Å². The minimum atomic E-state index is -0.374. The standard InChI is InChI=1S/C18H30N2O/c1-2-3-4-5-6-7-8-9-10-11-14-20-15-12-13-17(16-20)18(19)21/h12-13,16H,2-11,14H2,1H3,(H2,19,21)/q+1. The number of primary amides is 1. The van der Waals surface area contributed by atoms with Crippen LogP contribution in [-0.4, -0.2) is 5.91 Å². The van der Waals surface area contributed by atoms with Gasteiger partial charge < -0.3 is 5.73 Å². The zero-order valence-corrected chi connectivity index (χ0v) is 13.4. The number of amides is 1. The molecule has 0 aliphatic rings. The van der Waals surface area contributed by atoms with Crippen molar-refractivity contribution in [3.63, 3.8) is 0 Å². The zero-order chi connectivity index (χ0) is 15.3. The Bertz CT molecular complexity index is 404. The minimum absolute atomic E-state index is 0.374. The SMILES string of the molecule is CCCCCCCCCCCC[n+]1[c]ccc(C(N)=O)c1. The molecule has 0 aromatic carbocycles. The molecule has 0 fully saturated rings. The number of unbranched alkanes of at least 4 members (excludes halogenated alkanes) is 9. The third-order valence-corrected chi connectivity index (χ3v) is 3.84. The number of pyridine rings is 1. The highest BCUT2D eigenvalue weighted by molar-refractivity contribution is 5.92. The fraction of sp³-hybridized carbons (Fsp3) is 0.667. The summed E-state index contributed by atoms with van der Waals surface area (Å²) in [6, 6.07) is 3.47. The van der Waals surface area contributed by atoms with Crippen LogP contribution in [0.15, 0.2) is 18.3 Å². The Hall–Kier alpha value is -1.38. The molecule has 1 radical (unpaired) electrons. The monoisotopic (exact) mass is 290 g/mol. The van der Waals surface area contributed by atoms with E-state index in [4.69, 9.17) is 5.73 Å². The van der Waals surface area contributed by atoms with Crippen LogP contribution in [0.3, 0.4) is 0 Å². The van der Waals surface area contributed by atoms with Gasteiger partial charge in [-0.15, -0.1) is 0 Å². The molecule has 1 heterocycles. The number of aromatic nitrogens is 1. The molecule has 1 amide bonds. The second-order valence-corrected chi connectivity index (χ2v) is 5.79. The van der Waals surface area contributed by atoms with Crippen molar-refractivity contribution < 1.29 is 9.36 Å². The Labute approximate surface area is 129 Å². The number of rotatable bonds is 12. The first-order chi connectivity index (χ1) is 10.2. The van der Waals surface area contributed by atoms with Crippen molar-refractivity contribution in [2.45, 2.75) is 77.7 Å². The molecule has 117 valence electrons. The van der Waals surface area contributed by atoms with Gasteiger partial charge in [0.05, 0.1) is 0 Å². The number of carbonyl (C=O) groups is 1. The van der Waals surface area contributed by atoms with Gasteiger partial charge in [-0.25, -0.2) is 0 Å². The summed E-state index contributed by atoms with van der Waals surface area (Å²) in [5, 5.41) is 0. The van der Waals surface area contributed by atoms with Gasteiger partial charge >= 0.3 is 0 Å². The van der Waals surface area contributed by atoms with E-state index in [0.717, 1.165) is 13.0 Å². The first-order valence-electron chi connectivity index (χ1n) is 8.45. The normalized spacial score (nSPS) is 10.7. The summed E-state index contributed by atoms with van der Waals surface area (Å²) < 4.78 is 1.94.